The smallest absolute Gasteiger partial charge is 0.229 e. The van der Waals surface area contributed by atoms with Gasteiger partial charge in [0.25, 0.3) is 0 Å². The lowest BCUT2D eigenvalue weighted by Gasteiger charge is -2.38. The summed E-state index contributed by atoms with van der Waals surface area (Å²) in [5.74, 6) is -0.242. The third-order valence-electron chi connectivity index (χ3n) is 12.6. The highest BCUT2D eigenvalue weighted by atomic mass is 32.2. The minimum absolute atomic E-state index is 0.0846. The van der Waals surface area contributed by atoms with E-state index >= 15 is 0 Å². The highest BCUT2D eigenvalue weighted by Gasteiger charge is 2.32. The molecule has 0 amide bonds. The first kappa shape index (κ1) is 53.2. The molecule has 2 aromatic heterocycles. The van der Waals surface area contributed by atoms with Crippen LogP contribution in [0.5, 0.6) is 35.0 Å². The van der Waals surface area contributed by atoms with Crippen LogP contribution in [0.2, 0.25) is 0 Å². The average molecular weight is 999 g/mol. The number of sulfone groups is 2. The summed E-state index contributed by atoms with van der Waals surface area (Å²) >= 11 is 0. The van der Waals surface area contributed by atoms with Crippen molar-refractivity contribution in [2.45, 2.75) is 127 Å². The first-order valence-corrected chi connectivity index (χ1v) is 27.2. The van der Waals surface area contributed by atoms with Gasteiger partial charge in [0.15, 0.2) is 42.8 Å². The van der Waals surface area contributed by atoms with Crippen molar-refractivity contribution in [2.75, 3.05) is 45.2 Å². The highest BCUT2D eigenvalue weighted by Crippen LogP contribution is 2.34. The van der Waals surface area contributed by atoms with Crippen LogP contribution in [0.25, 0.3) is 0 Å². The number of ketones is 2. The number of hydrogen-bond acceptors (Lipinski definition) is 16. The Morgan fingerprint density at radius 1 is 0.681 bits per heavy atom. The standard InChI is InChI=1S/C49H64F2N6O10S2/c1-31(2)11-14-43(59)42(57-23-19-37(20-24-57)65-47-34(5)49(55-30-53-47)67-45-16-13-39(27-41(45)51)69(7,62)63)25-32(3)9-8-10-35(58)28-56-21-17-36(18-22-56)64-46-33(4)48(54-29-52-46)66-44-15-12-38(26-40(44)50)68(6,60)61/h12-13,15-16,26-27,29-32,36-37,42H,8-11,14,17-25,28H2,1-7H3. The number of benzene rings is 2. The number of nitrogens with zero attached hydrogens (tertiary/aromatic N) is 6. The van der Waals surface area contributed by atoms with Crippen molar-refractivity contribution in [3.8, 4) is 35.0 Å². The van der Waals surface area contributed by atoms with Gasteiger partial charge in [0.1, 0.15) is 36.4 Å². The lowest BCUT2D eigenvalue weighted by atomic mass is 9.89. The molecule has 376 valence electrons. The summed E-state index contributed by atoms with van der Waals surface area (Å²) in [5.41, 5.74) is 0.934. The second-order valence-corrected chi connectivity index (χ2v) is 22.8. The summed E-state index contributed by atoms with van der Waals surface area (Å²) in [5, 5.41) is 0. The van der Waals surface area contributed by atoms with Crippen LogP contribution in [0.4, 0.5) is 8.78 Å². The van der Waals surface area contributed by atoms with Crippen molar-refractivity contribution in [1.29, 1.82) is 0 Å². The van der Waals surface area contributed by atoms with Crippen LogP contribution in [0, 0.1) is 37.3 Å². The van der Waals surface area contributed by atoms with E-state index in [1.807, 2.05) is 0 Å². The first-order chi connectivity index (χ1) is 32.6. The molecule has 0 bridgehead atoms. The normalized spacial score (nSPS) is 16.6. The molecular formula is C49H64F2N6O10S2. The zero-order valence-electron chi connectivity index (χ0n) is 40.5. The van der Waals surface area contributed by atoms with Crippen LogP contribution in [-0.2, 0) is 29.3 Å². The predicted octanol–water partition coefficient (Wildman–Crippen LogP) is 8.08. The Kier molecular flexibility index (Phi) is 18.2. The number of Topliss-reactive ketones (excluding diaryl/α,β-unsaturated/α-hetero) is 2. The second-order valence-electron chi connectivity index (χ2n) is 18.8. The number of hydrogen-bond donors (Lipinski definition) is 0. The van der Waals surface area contributed by atoms with Gasteiger partial charge in [-0.1, -0.05) is 27.2 Å². The Balaban J connectivity index is 0.937. The molecule has 20 heteroatoms. The Labute approximate surface area is 404 Å². The number of aromatic nitrogens is 4. The molecule has 2 atom stereocenters. The summed E-state index contributed by atoms with van der Waals surface area (Å²) in [6.07, 6.45) is 10.9. The summed E-state index contributed by atoms with van der Waals surface area (Å²) in [7, 11) is -7.19. The van der Waals surface area contributed by atoms with E-state index in [0.29, 0.717) is 106 Å². The Morgan fingerprint density at radius 3 is 1.59 bits per heavy atom. The molecule has 4 heterocycles. The summed E-state index contributed by atoms with van der Waals surface area (Å²) in [4.78, 5) is 47.9. The maximum atomic E-state index is 14.8. The zero-order chi connectivity index (χ0) is 50.0. The van der Waals surface area contributed by atoms with Gasteiger partial charge >= 0.3 is 0 Å². The van der Waals surface area contributed by atoms with E-state index in [4.69, 9.17) is 18.9 Å². The van der Waals surface area contributed by atoms with E-state index in [-0.39, 0.29) is 68.8 Å². The number of carbonyl (C=O) groups is 2. The first-order valence-electron chi connectivity index (χ1n) is 23.5. The number of likely N-dealkylation sites (tertiary alicyclic amines) is 2. The molecule has 2 aliphatic heterocycles. The van der Waals surface area contributed by atoms with Gasteiger partial charge in [0.05, 0.1) is 33.5 Å². The van der Waals surface area contributed by atoms with Crippen molar-refractivity contribution in [3.05, 3.63) is 71.8 Å². The summed E-state index contributed by atoms with van der Waals surface area (Å²) in [6.45, 7) is 12.8. The van der Waals surface area contributed by atoms with Crippen molar-refractivity contribution < 1.29 is 54.2 Å². The van der Waals surface area contributed by atoms with E-state index in [2.05, 4.69) is 50.5 Å². The molecule has 2 fully saturated rings. The highest BCUT2D eigenvalue weighted by molar-refractivity contribution is 7.91. The number of rotatable bonds is 23. The van der Waals surface area contributed by atoms with Crippen molar-refractivity contribution >= 4 is 31.2 Å². The molecule has 2 aromatic carbocycles. The van der Waals surface area contributed by atoms with E-state index in [1.54, 1.807) is 13.8 Å². The van der Waals surface area contributed by atoms with Crippen molar-refractivity contribution in [1.82, 2.24) is 29.7 Å². The van der Waals surface area contributed by atoms with Gasteiger partial charge in [-0.15, -0.1) is 0 Å². The van der Waals surface area contributed by atoms with Crippen LogP contribution in [0.1, 0.15) is 96.1 Å². The number of carbonyl (C=O) groups excluding carboxylic acids is 2. The number of halogens is 2. The molecular weight excluding hydrogens is 935 g/mol. The SMILES string of the molecule is Cc1c(Oc2ccc(S(C)(=O)=O)cc2F)ncnc1OC1CCN(CC(=O)CCCC(C)CC(C(=O)CCC(C)C)N2CCC(Oc3ncnc(Oc4ccc(S(C)(=O)=O)cc4F)c3C)CC2)CC1. The zero-order valence-corrected chi connectivity index (χ0v) is 42.1. The minimum Gasteiger partial charge on any atom is -0.474 e. The third-order valence-corrected chi connectivity index (χ3v) is 14.8. The van der Waals surface area contributed by atoms with Gasteiger partial charge in [-0.05, 0) is 107 Å². The van der Waals surface area contributed by atoms with Gasteiger partial charge in [0.2, 0.25) is 23.5 Å². The molecule has 0 saturated carbocycles. The lowest BCUT2D eigenvalue weighted by molar-refractivity contribution is -0.126. The number of piperidine rings is 2. The quantitative estimate of drug-likeness (QED) is 0.0691. The monoisotopic (exact) mass is 998 g/mol. The molecule has 0 N–H and O–H groups in total. The van der Waals surface area contributed by atoms with Crippen LogP contribution in [0.15, 0.2) is 58.8 Å². The maximum absolute atomic E-state index is 14.8. The van der Waals surface area contributed by atoms with Gasteiger partial charge in [-0.25, -0.2) is 45.6 Å². The topological polar surface area (TPSA) is 197 Å². The van der Waals surface area contributed by atoms with Crippen LogP contribution < -0.4 is 18.9 Å². The van der Waals surface area contributed by atoms with E-state index in [0.717, 1.165) is 43.9 Å². The van der Waals surface area contributed by atoms with Gasteiger partial charge in [-0.3, -0.25) is 19.4 Å². The van der Waals surface area contributed by atoms with Crippen molar-refractivity contribution in [3.63, 3.8) is 0 Å². The van der Waals surface area contributed by atoms with Crippen molar-refractivity contribution in [2.24, 2.45) is 11.8 Å². The van der Waals surface area contributed by atoms with E-state index in [1.165, 1.54) is 36.9 Å². The van der Waals surface area contributed by atoms with E-state index in [9.17, 15) is 35.2 Å². The molecule has 0 aliphatic carbocycles. The number of ether oxygens (including phenoxy) is 4. The molecule has 2 aliphatic rings. The summed E-state index contributed by atoms with van der Waals surface area (Å²) < 4.78 is 101. The Bertz CT molecular complexity index is 2660. The minimum atomic E-state index is -3.60. The third kappa shape index (κ3) is 15.2. The largest absolute Gasteiger partial charge is 0.474 e. The second kappa shape index (κ2) is 23.6. The van der Waals surface area contributed by atoms with Gasteiger partial charge in [0, 0.05) is 51.5 Å². The lowest BCUT2D eigenvalue weighted by Crippen LogP contribution is -2.48. The molecule has 6 rings (SSSR count). The molecule has 0 spiro atoms. The van der Waals surface area contributed by atoms with E-state index < -0.39 is 31.3 Å². The molecule has 2 saturated heterocycles. The molecule has 4 aromatic rings. The van der Waals surface area contributed by atoms with Crippen LogP contribution in [-0.4, -0.2) is 122 Å². The fourth-order valence-electron chi connectivity index (χ4n) is 8.44. The fraction of sp³-hybridized carbons (Fsp3) is 0.551. The Morgan fingerprint density at radius 2 is 1.14 bits per heavy atom. The Hall–Kier alpha value is -5.18. The average Bonchev–Trinajstić information content (AvgIpc) is 3.29. The van der Waals surface area contributed by atoms with Crippen LogP contribution in [0.3, 0.4) is 0 Å². The predicted molar refractivity (Wildman–Crippen MR) is 254 cm³/mol. The molecule has 2 unspecified atom stereocenters. The molecule has 16 nitrogen and oxygen atoms in total. The maximum Gasteiger partial charge on any atom is 0.229 e. The van der Waals surface area contributed by atoms with Gasteiger partial charge < -0.3 is 18.9 Å². The fourth-order valence-corrected chi connectivity index (χ4v) is 9.71. The summed E-state index contributed by atoms with van der Waals surface area (Å²) in [6, 6.07) is 6.59. The molecule has 69 heavy (non-hydrogen) atoms. The van der Waals surface area contributed by atoms with Crippen LogP contribution >= 0.6 is 0 Å². The molecule has 0 radical (unpaired) electrons. The van der Waals surface area contributed by atoms with Gasteiger partial charge in [-0.2, -0.15) is 0 Å².